The van der Waals surface area contributed by atoms with E-state index in [2.05, 4.69) is 10.4 Å². The van der Waals surface area contributed by atoms with Crippen LogP contribution in [0.4, 0.5) is 5.69 Å². The van der Waals surface area contributed by atoms with Crippen LogP contribution in [-0.2, 0) is 11.3 Å². The van der Waals surface area contributed by atoms with E-state index in [-0.39, 0.29) is 37.0 Å². The molecule has 0 spiro atoms. The maximum Gasteiger partial charge on any atom is 0.312 e. The van der Waals surface area contributed by atoms with Gasteiger partial charge in [-0.1, -0.05) is 0 Å². The molecule has 94 valence electrons. The molecule has 2 N–H and O–H groups in total. The van der Waals surface area contributed by atoms with Crippen molar-refractivity contribution in [1.82, 2.24) is 15.1 Å². The molecule has 8 heteroatoms. The first-order valence-corrected chi connectivity index (χ1v) is 5.03. The normalized spacial score (nSPS) is 10.3. The fourth-order valence-corrected chi connectivity index (χ4v) is 1.49. The molecule has 0 aliphatic rings. The maximum absolute atomic E-state index is 11.4. The lowest BCUT2D eigenvalue weighted by Crippen LogP contribution is -2.30. The van der Waals surface area contributed by atoms with Crippen molar-refractivity contribution in [3.05, 3.63) is 21.5 Å². The van der Waals surface area contributed by atoms with Gasteiger partial charge in [0.25, 0.3) is 0 Å². The van der Waals surface area contributed by atoms with Crippen LogP contribution >= 0.6 is 0 Å². The summed E-state index contributed by atoms with van der Waals surface area (Å²) in [6.07, 6.45) is 0. The van der Waals surface area contributed by atoms with Gasteiger partial charge < -0.3 is 10.4 Å². The lowest BCUT2D eigenvalue weighted by atomic mass is 10.3. The van der Waals surface area contributed by atoms with Crippen molar-refractivity contribution in [2.45, 2.75) is 20.4 Å². The molecule has 0 radical (unpaired) electrons. The van der Waals surface area contributed by atoms with Gasteiger partial charge in [0, 0.05) is 6.54 Å². The van der Waals surface area contributed by atoms with Crippen molar-refractivity contribution in [2.24, 2.45) is 0 Å². The highest BCUT2D eigenvalue weighted by Crippen LogP contribution is 2.21. The Morgan fingerprint density at radius 2 is 2.24 bits per heavy atom. The van der Waals surface area contributed by atoms with Gasteiger partial charge in [0.15, 0.2) is 0 Å². The number of hydrogen-bond acceptors (Lipinski definition) is 5. The Morgan fingerprint density at radius 1 is 1.59 bits per heavy atom. The first-order chi connectivity index (χ1) is 7.97. The highest BCUT2D eigenvalue weighted by molar-refractivity contribution is 5.75. The number of carbonyl (C=O) groups is 1. The second-order valence-electron chi connectivity index (χ2n) is 3.51. The van der Waals surface area contributed by atoms with E-state index in [0.717, 1.165) is 0 Å². The molecule has 1 aromatic rings. The third kappa shape index (κ3) is 3.00. The summed E-state index contributed by atoms with van der Waals surface area (Å²) in [5.74, 6) is -0.348. The Hall–Kier alpha value is -1.96. The van der Waals surface area contributed by atoms with Gasteiger partial charge in [-0.2, -0.15) is 5.10 Å². The number of aromatic nitrogens is 2. The number of nitrogens with one attached hydrogen (secondary N) is 1. The Bertz CT molecular complexity index is 440. The lowest BCUT2D eigenvalue weighted by Gasteiger charge is -2.04. The minimum Gasteiger partial charge on any atom is -0.395 e. The Labute approximate surface area is 97.4 Å². The van der Waals surface area contributed by atoms with E-state index in [1.165, 1.54) is 18.5 Å². The molecule has 1 heterocycles. The van der Waals surface area contributed by atoms with Gasteiger partial charge in [-0.3, -0.25) is 19.6 Å². The van der Waals surface area contributed by atoms with E-state index < -0.39 is 4.92 Å². The Balaban J connectivity index is 2.83. The summed E-state index contributed by atoms with van der Waals surface area (Å²) in [5, 5.41) is 25.6. The van der Waals surface area contributed by atoms with E-state index in [1.54, 1.807) is 0 Å². The standard InChI is InChI=1S/C9H14N4O4/c1-6-9(13(16)17)7(2)12(11-6)5-8(15)10-3-4-14/h14H,3-5H2,1-2H3,(H,10,15). The first kappa shape index (κ1) is 13.1. The van der Waals surface area contributed by atoms with E-state index in [1.807, 2.05) is 0 Å². The molecule has 1 amide bonds. The third-order valence-electron chi connectivity index (χ3n) is 2.25. The quantitative estimate of drug-likeness (QED) is 0.535. The third-order valence-corrected chi connectivity index (χ3v) is 2.25. The molecule has 0 aliphatic carbocycles. The molecule has 1 rings (SSSR count). The number of hydrogen-bond donors (Lipinski definition) is 2. The highest BCUT2D eigenvalue weighted by Gasteiger charge is 2.22. The van der Waals surface area contributed by atoms with E-state index in [9.17, 15) is 14.9 Å². The average Bonchev–Trinajstić information content (AvgIpc) is 2.51. The molecular weight excluding hydrogens is 228 g/mol. The topological polar surface area (TPSA) is 110 Å². The number of aliphatic hydroxyl groups is 1. The summed E-state index contributed by atoms with van der Waals surface area (Å²) < 4.78 is 1.28. The van der Waals surface area contributed by atoms with Crippen LogP contribution in [0.15, 0.2) is 0 Å². The van der Waals surface area contributed by atoms with Crippen molar-refractivity contribution in [2.75, 3.05) is 13.2 Å². The van der Waals surface area contributed by atoms with Crippen LogP contribution < -0.4 is 5.32 Å². The van der Waals surface area contributed by atoms with Crippen LogP contribution in [0, 0.1) is 24.0 Å². The van der Waals surface area contributed by atoms with Crippen molar-refractivity contribution in [1.29, 1.82) is 0 Å². The number of rotatable bonds is 5. The fourth-order valence-electron chi connectivity index (χ4n) is 1.49. The maximum atomic E-state index is 11.4. The summed E-state index contributed by atoms with van der Waals surface area (Å²) in [6, 6.07) is 0. The van der Waals surface area contributed by atoms with Gasteiger partial charge in [-0.05, 0) is 13.8 Å². The molecule has 17 heavy (non-hydrogen) atoms. The van der Waals surface area contributed by atoms with Crippen LogP contribution in [0.3, 0.4) is 0 Å². The van der Waals surface area contributed by atoms with Crippen molar-refractivity contribution in [3.8, 4) is 0 Å². The van der Waals surface area contributed by atoms with E-state index in [4.69, 9.17) is 5.11 Å². The number of aliphatic hydroxyl groups excluding tert-OH is 1. The molecule has 1 aromatic heterocycles. The van der Waals surface area contributed by atoms with E-state index in [0.29, 0.717) is 5.69 Å². The predicted octanol–water partition coefficient (Wildman–Crippen LogP) is -0.483. The van der Waals surface area contributed by atoms with Gasteiger partial charge in [-0.25, -0.2) is 0 Å². The Kier molecular flexibility index (Phi) is 4.16. The molecular formula is C9H14N4O4. The zero-order valence-electron chi connectivity index (χ0n) is 9.63. The van der Waals surface area contributed by atoms with Gasteiger partial charge in [-0.15, -0.1) is 0 Å². The number of nitro groups is 1. The monoisotopic (exact) mass is 242 g/mol. The average molecular weight is 242 g/mol. The van der Waals surface area contributed by atoms with Crippen LogP contribution in [0.5, 0.6) is 0 Å². The lowest BCUT2D eigenvalue weighted by molar-refractivity contribution is -0.386. The predicted molar refractivity (Wildman–Crippen MR) is 58.5 cm³/mol. The summed E-state index contributed by atoms with van der Waals surface area (Å²) in [4.78, 5) is 21.6. The largest absolute Gasteiger partial charge is 0.395 e. The molecule has 0 bridgehead atoms. The SMILES string of the molecule is Cc1nn(CC(=O)NCCO)c(C)c1[N+](=O)[O-]. The molecule has 0 saturated carbocycles. The van der Waals surface area contributed by atoms with Crippen molar-refractivity contribution < 1.29 is 14.8 Å². The summed E-state index contributed by atoms with van der Waals surface area (Å²) in [5.41, 5.74) is 0.550. The molecule has 0 fully saturated rings. The summed E-state index contributed by atoms with van der Waals surface area (Å²) >= 11 is 0. The number of carbonyl (C=O) groups excluding carboxylic acids is 1. The van der Waals surface area contributed by atoms with Crippen LogP contribution in [-0.4, -0.2) is 38.9 Å². The van der Waals surface area contributed by atoms with Gasteiger partial charge in [0.1, 0.15) is 17.9 Å². The van der Waals surface area contributed by atoms with Crippen molar-refractivity contribution >= 4 is 11.6 Å². The minimum atomic E-state index is -0.514. The van der Waals surface area contributed by atoms with Crippen molar-refractivity contribution in [3.63, 3.8) is 0 Å². The number of amides is 1. The van der Waals surface area contributed by atoms with Crippen LogP contribution in [0.1, 0.15) is 11.4 Å². The minimum absolute atomic E-state index is 0.0695. The highest BCUT2D eigenvalue weighted by atomic mass is 16.6. The zero-order valence-corrected chi connectivity index (χ0v) is 9.63. The number of aryl methyl sites for hydroxylation is 1. The fraction of sp³-hybridized carbons (Fsp3) is 0.556. The summed E-state index contributed by atoms with van der Waals surface area (Å²) in [7, 11) is 0. The molecule has 0 aliphatic heterocycles. The van der Waals surface area contributed by atoms with Crippen LogP contribution in [0.25, 0.3) is 0 Å². The van der Waals surface area contributed by atoms with Gasteiger partial charge >= 0.3 is 5.69 Å². The van der Waals surface area contributed by atoms with Gasteiger partial charge in [0.05, 0.1) is 11.5 Å². The van der Waals surface area contributed by atoms with E-state index >= 15 is 0 Å². The number of nitrogens with zero attached hydrogens (tertiary/aromatic N) is 3. The zero-order chi connectivity index (χ0) is 13.0. The molecule has 0 atom stereocenters. The second-order valence-corrected chi connectivity index (χ2v) is 3.51. The van der Waals surface area contributed by atoms with Crippen LogP contribution in [0.2, 0.25) is 0 Å². The molecule has 0 saturated heterocycles. The summed E-state index contributed by atoms with van der Waals surface area (Å²) in [6.45, 7) is 2.97. The second kappa shape index (κ2) is 5.39. The molecule has 0 unspecified atom stereocenters. The smallest absolute Gasteiger partial charge is 0.312 e. The first-order valence-electron chi connectivity index (χ1n) is 5.03. The molecule has 8 nitrogen and oxygen atoms in total. The van der Waals surface area contributed by atoms with Gasteiger partial charge in [0.2, 0.25) is 5.91 Å². The molecule has 0 aromatic carbocycles. The Morgan fingerprint density at radius 3 is 2.71 bits per heavy atom.